The lowest BCUT2D eigenvalue weighted by atomic mass is 9.83. The van der Waals surface area contributed by atoms with Gasteiger partial charge in [-0.25, -0.2) is 8.42 Å². The van der Waals surface area contributed by atoms with E-state index in [1.807, 2.05) is 75.3 Å². The largest absolute Gasteiger partial charge is 0.497 e. The summed E-state index contributed by atoms with van der Waals surface area (Å²) in [6.07, 6.45) is 0. The van der Waals surface area contributed by atoms with Gasteiger partial charge in [-0.1, -0.05) is 36.4 Å². The van der Waals surface area contributed by atoms with Crippen molar-refractivity contribution >= 4 is 43.8 Å². The molecule has 37 heavy (non-hydrogen) atoms. The Hall–Kier alpha value is -4.04. The minimum absolute atomic E-state index is 0.182. The quantitative estimate of drug-likeness (QED) is 0.316. The van der Waals surface area contributed by atoms with Crippen LogP contribution in [0.15, 0.2) is 89.8 Å². The molecule has 7 nitrogen and oxygen atoms in total. The Morgan fingerprint density at radius 2 is 1.41 bits per heavy atom. The number of hydrogen-bond donors (Lipinski definition) is 2. The summed E-state index contributed by atoms with van der Waals surface area (Å²) in [5.41, 5.74) is 1.96. The lowest BCUT2D eigenvalue weighted by Crippen LogP contribution is -2.34. The zero-order chi connectivity index (χ0) is 26.8. The first-order chi connectivity index (χ1) is 17.5. The van der Waals surface area contributed by atoms with Gasteiger partial charge < -0.3 is 15.0 Å². The van der Waals surface area contributed by atoms with Gasteiger partial charge in [0.05, 0.1) is 17.4 Å². The van der Waals surface area contributed by atoms with Crippen molar-refractivity contribution in [1.82, 2.24) is 0 Å². The standard InChI is InChI=1S/C29H31N3O4S/c1-29(2,20-12-18-23(36-5)19-13-20)28(33)30-21-14-16-22(17-15-21)31-37(34,35)27-11-7-8-24-25(27)9-6-10-26(24)32(3)4/h6-19,31H,1-5H3,(H,30,33). The predicted molar refractivity (Wildman–Crippen MR) is 150 cm³/mol. The molecule has 1 amide bonds. The minimum atomic E-state index is -3.85. The van der Waals surface area contributed by atoms with Crippen molar-refractivity contribution < 1.29 is 17.9 Å². The number of nitrogens with one attached hydrogen (secondary N) is 2. The highest BCUT2D eigenvalue weighted by Gasteiger charge is 2.30. The molecule has 0 spiro atoms. The van der Waals surface area contributed by atoms with Gasteiger partial charge in [0.15, 0.2) is 0 Å². The summed E-state index contributed by atoms with van der Waals surface area (Å²) in [7, 11) is 1.59. The highest BCUT2D eigenvalue weighted by molar-refractivity contribution is 7.93. The topological polar surface area (TPSA) is 87.7 Å². The Morgan fingerprint density at radius 1 is 0.811 bits per heavy atom. The average molecular weight is 518 g/mol. The molecule has 0 bridgehead atoms. The average Bonchev–Trinajstić information content (AvgIpc) is 2.88. The number of rotatable bonds is 8. The van der Waals surface area contributed by atoms with E-state index in [-0.39, 0.29) is 10.8 Å². The summed E-state index contributed by atoms with van der Waals surface area (Å²) in [4.78, 5) is 15.2. The smallest absolute Gasteiger partial charge is 0.262 e. The van der Waals surface area contributed by atoms with Crippen LogP contribution in [0.25, 0.3) is 10.8 Å². The summed E-state index contributed by atoms with van der Waals surface area (Å²) in [6.45, 7) is 3.69. The number of anilines is 3. The van der Waals surface area contributed by atoms with E-state index in [1.54, 1.807) is 49.6 Å². The van der Waals surface area contributed by atoms with Gasteiger partial charge in [-0.2, -0.15) is 0 Å². The molecule has 0 heterocycles. The molecule has 192 valence electrons. The van der Waals surface area contributed by atoms with E-state index >= 15 is 0 Å². The highest BCUT2D eigenvalue weighted by atomic mass is 32.2. The number of carbonyl (C=O) groups excluding carboxylic acids is 1. The number of methoxy groups -OCH3 is 1. The number of amides is 1. The first kappa shape index (κ1) is 26.0. The van der Waals surface area contributed by atoms with Crippen molar-refractivity contribution in [2.75, 3.05) is 36.1 Å². The summed E-state index contributed by atoms with van der Waals surface area (Å²) in [6, 6.07) is 24.8. The Bertz CT molecular complexity index is 1530. The van der Waals surface area contributed by atoms with Gasteiger partial charge in [0.1, 0.15) is 5.75 Å². The minimum Gasteiger partial charge on any atom is -0.497 e. The molecule has 0 radical (unpaired) electrons. The summed E-state index contributed by atoms with van der Waals surface area (Å²) < 4.78 is 34.4. The highest BCUT2D eigenvalue weighted by Crippen LogP contribution is 2.31. The van der Waals surface area contributed by atoms with Crippen molar-refractivity contribution in [2.24, 2.45) is 0 Å². The molecule has 0 unspecified atom stereocenters. The van der Waals surface area contributed by atoms with Gasteiger partial charge in [0, 0.05) is 41.9 Å². The molecule has 0 aliphatic rings. The summed E-state index contributed by atoms with van der Waals surface area (Å²) >= 11 is 0. The molecule has 0 aliphatic heterocycles. The van der Waals surface area contributed by atoms with Crippen LogP contribution in [-0.4, -0.2) is 35.5 Å². The second kappa shape index (κ2) is 10.1. The van der Waals surface area contributed by atoms with Crippen LogP contribution >= 0.6 is 0 Å². The van der Waals surface area contributed by atoms with E-state index in [2.05, 4.69) is 10.0 Å². The normalized spacial score (nSPS) is 11.7. The third-order valence-electron chi connectivity index (χ3n) is 6.40. The fourth-order valence-electron chi connectivity index (χ4n) is 4.15. The van der Waals surface area contributed by atoms with Crippen LogP contribution in [0.1, 0.15) is 19.4 Å². The molecule has 4 rings (SSSR count). The van der Waals surface area contributed by atoms with Crippen LogP contribution in [0.5, 0.6) is 5.75 Å². The maximum absolute atomic E-state index is 13.3. The van der Waals surface area contributed by atoms with E-state index in [4.69, 9.17) is 4.74 Å². The second-order valence-electron chi connectivity index (χ2n) is 9.51. The number of carbonyl (C=O) groups is 1. The van der Waals surface area contributed by atoms with Crippen LogP contribution < -0.4 is 19.7 Å². The molecule has 0 saturated carbocycles. The zero-order valence-corrected chi connectivity index (χ0v) is 22.4. The lowest BCUT2D eigenvalue weighted by molar-refractivity contribution is -0.120. The molecule has 0 saturated heterocycles. The number of sulfonamides is 1. The molecule has 4 aromatic rings. The first-order valence-corrected chi connectivity index (χ1v) is 13.3. The second-order valence-corrected chi connectivity index (χ2v) is 11.2. The van der Waals surface area contributed by atoms with E-state index in [0.717, 1.165) is 22.4 Å². The lowest BCUT2D eigenvalue weighted by Gasteiger charge is -2.24. The van der Waals surface area contributed by atoms with Gasteiger partial charge in [-0.05, 0) is 67.9 Å². The first-order valence-electron chi connectivity index (χ1n) is 11.8. The zero-order valence-electron chi connectivity index (χ0n) is 21.6. The van der Waals surface area contributed by atoms with E-state index in [9.17, 15) is 13.2 Å². The molecule has 0 fully saturated rings. The van der Waals surface area contributed by atoms with Crippen LogP contribution in [0.2, 0.25) is 0 Å². The molecule has 2 N–H and O–H groups in total. The SMILES string of the molecule is COc1ccc(C(C)(C)C(=O)Nc2ccc(NS(=O)(=O)c3cccc4c(N(C)C)cccc34)cc2)cc1. The number of ether oxygens (including phenoxy) is 1. The molecule has 0 aromatic heterocycles. The van der Waals surface area contributed by atoms with Gasteiger partial charge in [0.25, 0.3) is 10.0 Å². The molecule has 0 atom stereocenters. The van der Waals surface area contributed by atoms with Crippen molar-refractivity contribution in [3.05, 3.63) is 90.5 Å². The van der Waals surface area contributed by atoms with Crippen LogP contribution in [0.4, 0.5) is 17.1 Å². The van der Waals surface area contributed by atoms with Crippen molar-refractivity contribution in [1.29, 1.82) is 0 Å². The third-order valence-corrected chi connectivity index (χ3v) is 7.84. The van der Waals surface area contributed by atoms with Crippen molar-refractivity contribution in [2.45, 2.75) is 24.2 Å². The molecule has 4 aromatic carbocycles. The number of hydrogen-bond acceptors (Lipinski definition) is 5. The van der Waals surface area contributed by atoms with Crippen LogP contribution in [-0.2, 0) is 20.2 Å². The number of nitrogens with zero attached hydrogens (tertiary/aromatic N) is 1. The summed E-state index contributed by atoms with van der Waals surface area (Å²) in [5, 5.41) is 4.42. The number of fused-ring (bicyclic) bond motifs is 1. The fraction of sp³-hybridized carbons (Fsp3) is 0.207. The Morgan fingerprint density at radius 3 is 2.03 bits per heavy atom. The van der Waals surface area contributed by atoms with Crippen molar-refractivity contribution in [3.8, 4) is 5.75 Å². The maximum Gasteiger partial charge on any atom is 0.262 e. The molecule has 8 heteroatoms. The van der Waals surface area contributed by atoms with Gasteiger partial charge >= 0.3 is 0 Å². The molecular weight excluding hydrogens is 486 g/mol. The van der Waals surface area contributed by atoms with E-state index in [0.29, 0.717) is 16.8 Å². The van der Waals surface area contributed by atoms with Crippen molar-refractivity contribution in [3.63, 3.8) is 0 Å². The predicted octanol–water partition coefficient (Wildman–Crippen LogP) is 5.63. The molecular formula is C29H31N3O4S. The van der Waals surface area contributed by atoms with Crippen LogP contribution in [0.3, 0.4) is 0 Å². The van der Waals surface area contributed by atoms with Crippen LogP contribution in [0, 0.1) is 0 Å². The van der Waals surface area contributed by atoms with E-state index in [1.165, 1.54) is 0 Å². The third kappa shape index (κ3) is 5.39. The monoisotopic (exact) mass is 517 g/mol. The Labute approximate surface area is 218 Å². The summed E-state index contributed by atoms with van der Waals surface area (Å²) in [5.74, 6) is 0.540. The maximum atomic E-state index is 13.3. The number of benzene rings is 4. The Balaban J connectivity index is 1.52. The van der Waals surface area contributed by atoms with Gasteiger partial charge in [0.2, 0.25) is 5.91 Å². The Kier molecular flexibility index (Phi) is 7.14. The van der Waals surface area contributed by atoms with Gasteiger partial charge in [-0.3, -0.25) is 9.52 Å². The van der Waals surface area contributed by atoms with Gasteiger partial charge in [-0.15, -0.1) is 0 Å². The fourth-order valence-corrected chi connectivity index (χ4v) is 5.43. The van der Waals surface area contributed by atoms with E-state index < -0.39 is 15.4 Å². The molecule has 0 aliphatic carbocycles.